The molecule has 0 aromatic carbocycles. The van der Waals surface area contributed by atoms with Gasteiger partial charge in [-0.15, -0.1) is 11.3 Å². The Hall–Kier alpha value is -1.73. The van der Waals surface area contributed by atoms with Crippen LogP contribution in [-0.2, 0) is 11.3 Å². The van der Waals surface area contributed by atoms with E-state index in [4.69, 9.17) is 0 Å². The molecule has 2 aromatic heterocycles. The Kier molecular flexibility index (Phi) is 3.73. The van der Waals surface area contributed by atoms with Crippen LogP contribution in [0.4, 0.5) is 0 Å². The average molecular weight is 346 g/mol. The van der Waals surface area contributed by atoms with Crippen molar-refractivity contribution in [3.63, 3.8) is 0 Å². The van der Waals surface area contributed by atoms with Crippen LogP contribution in [0.15, 0.2) is 17.1 Å². The fourth-order valence-corrected chi connectivity index (χ4v) is 4.96. The second kappa shape index (κ2) is 5.67. The van der Waals surface area contributed by atoms with Gasteiger partial charge in [0.1, 0.15) is 0 Å². The molecule has 0 aliphatic carbocycles. The van der Waals surface area contributed by atoms with Crippen molar-refractivity contribution < 1.29 is 4.79 Å². The molecule has 6 nitrogen and oxygen atoms in total. The highest BCUT2D eigenvalue weighted by Crippen LogP contribution is 2.39. The van der Waals surface area contributed by atoms with Crippen LogP contribution in [0.2, 0.25) is 0 Å². The third kappa shape index (κ3) is 2.56. The number of piperidine rings is 1. The first-order valence-electron chi connectivity index (χ1n) is 8.44. The lowest BCUT2D eigenvalue weighted by Gasteiger charge is -2.37. The molecule has 1 amide bonds. The van der Waals surface area contributed by atoms with Gasteiger partial charge in [-0.1, -0.05) is 0 Å². The second-order valence-corrected chi connectivity index (χ2v) is 8.36. The van der Waals surface area contributed by atoms with Gasteiger partial charge in [-0.05, 0) is 32.7 Å². The van der Waals surface area contributed by atoms with Crippen molar-refractivity contribution in [2.75, 3.05) is 26.7 Å². The van der Waals surface area contributed by atoms with Crippen LogP contribution in [0, 0.1) is 12.3 Å². The monoisotopic (exact) mass is 346 g/mol. The first-order chi connectivity index (χ1) is 11.5. The summed E-state index contributed by atoms with van der Waals surface area (Å²) in [5, 5.41) is 0. The molecule has 0 saturated carbocycles. The van der Waals surface area contributed by atoms with Gasteiger partial charge in [0.25, 0.3) is 5.56 Å². The number of aromatic nitrogens is 2. The second-order valence-electron chi connectivity index (χ2n) is 7.15. The number of hydrogen-bond donors (Lipinski definition) is 0. The lowest BCUT2D eigenvalue weighted by molar-refractivity contribution is -0.143. The lowest BCUT2D eigenvalue weighted by atomic mass is 9.78. The van der Waals surface area contributed by atoms with Crippen molar-refractivity contribution in [3.8, 4) is 0 Å². The minimum Gasteiger partial charge on any atom is -0.345 e. The van der Waals surface area contributed by atoms with Crippen LogP contribution >= 0.6 is 11.3 Å². The van der Waals surface area contributed by atoms with Gasteiger partial charge in [0.15, 0.2) is 4.96 Å². The number of hydrogen-bond acceptors (Lipinski definition) is 5. The van der Waals surface area contributed by atoms with Crippen LogP contribution in [0.5, 0.6) is 0 Å². The van der Waals surface area contributed by atoms with Crippen LogP contribution in [-0.4, -0.2) is 51.8 Å². The number of likely N-dealkylation sites (tertiary alicyclic amines) is 2. The molecule has 128 valence electrons. The zero-order valence-electron chi connectivity index (χ0n) is 14.1. The molecule has 2 aliphatic rings. The van der Waals surface area contributed by atoms with Crippen molar-refractivity contribution in [1.29, 1.82) is 0 Å². The highest BCUT2D eigenvalue weighted by Gasteiger charge is 2.47. The smallest absolute Gasteiger partial charge is 0.258 e. The van der Waals surface area contributed by atoms with Crippen molar-refractivity contribution in [2.24, 2.45) is 5.41 Å². The lowest BCUT2D eigenvalue weighted by Crippen LogP contribution is -2.48. The minimum absolute atomic E-state index is 0.0262. The standard InChI is InChI=1S/C17H22N4O2S/c1-12-9-21-14(22)8-13(18-16(21)24-12)10-20-7-5-17(11-20)4-3-6-19(2)15(17)23/h8-9H,3-7,10-11H2,1-2H3. The number of carbonyl (C=O) groups excluding carboxylic acids is 1. The molecular weight excluding hydrogens is 324 g/mol. The number of fused-ring (bicyclic) bond motifs is 1. The van der Waals surface area contributed by atoms with Gasteiger partial charge in [0, 0.05) is 43.8 Å². The molecule has 1 spiro atoms. The Morgan fingerprint density at radius 2 is 2.12 bits per heavy atom. The van der Waals surface area contributed by atoms with Gasteiger partial charge < -0.3 is 4.90 Å². The molecule has 24 heavy (non-hydrogen) atoms. The maximum absolute atomic E-state index is 12.6. The van der Waals surface area contributed by atoms with E-state index >= 15 is 0 Å². The van der Waals surface area contributed by atoms with E-state index in [0.29, 0.717) is 6.54 Å². The molecule has 4 heterocycles. The van der Waals surface area contributed by atoms with E-state index in [1.807, 2.05) is 25.1 Å². The number of carbonyl (C=O) groups is 1. The molecule has 2 saturated heterocycles. The Balaban J connectivity index is 1.54. The highest BCUT2D eigenvalue weighted by molar-refractivity contribution is 7.16. The van der Waals surface area contributed by atoms with E-state index < -0.39 is 0 Å². The Bertz CT molecular complexity index is 858. The van der Waals surface area contributed by atoms with Crippen LogP contribution in [0.1, 0.15) is 29.8 Å². The molecule has 1 atom stereocenters. The first kappa shape index (κ1) is 15.8. The number of rotatable bonds is 2. The molecule has 0 N–H and O–H groups in total. The number of aryl methyl sites for hydroxylation is 1. The van der Waals surface area contributed by atoms with Crippen molar-refractivity contribution in [3.05, 3.63) is 33.2 Å². The molecule has 2 fully saturated rings. The molecule has 7 heteroatoms. The number of amides is 1. The minimum atomic E-state index is -0.217. The third-order valence-electron chi connectivity index (χ3n) is 5.30. The summed E-state index contributed by atoms with van der Waals surface area (Å²) in [6.45, 7) is 5.16. The van der Waals surface area contributed by atoms with Crippen LogP contribution in [0.25, 0.3) is 4.96 Å². The van der Waals surface area contributed by atoms with E-state index in [1.165, 1.54) is 11.3 Å². The van der Waals surface area contributed by atoms with Gasteiger partial charge in [-0.2, -0.15) is 0 Å². The van der Waals surface area contributed by atoms with Gasteiger partial charge >= 0.3 is 0 Å². The van der Waals surface area contributed by atoms with Gasteiger partial charge in [0.2, 0.25) is 5.91 Å². The summed E-state index contributed by atoms with van der Waals surface area (Å²) >= 11 is 1.53. The van der Waals surface area contributed by atoms with Gasteiger partial charge in [0.05, 0.1) is 11.1 Å². The molecule has 4 rings (SSSR count). The van der Waals surface area contributed by atoms with E-state index in [0.717, 1.165) is 54.4 Å². The maximum atomic E-state index is 12.6. The van der Waals surface area contributed by atoms with E-state index in [2.05, 4.69) is 9.88 Å². The highest BCUT2D eigenvalue weighted by atomic mass is 32.1. The van der Waals surface area contributed by atoms with Crippen molar-refractivity contribution in [2.45, 2.75) is 32.7 Å². The number of thiazole rings is 1. The topological polar surface area (TPSA) is 57.9 Å². The largest absolute Gasteiger partial charge is 0.345 e. The molecular formula is C17H22N4O2S. The summed E-state index contributed by atoms with van der Waals surface area (Å²) in [5.41, 5.74) is 0.559. The molecule has 0 bridgehead atoms. The molecule has 0 radical (unpaired) electrons. The summed E-state index contributed by atoms with van der Waals surface area (Å²) in [7, 11) is 1.90. The van der Waals surface area contributed by atoms with Crippen molar-refractivity contribution >= 4 is 22.2 Å². The maximum Gasteiger partial charge on any atom is 0.258 e. The SMILES string of the molecule is Cc1cn2c(=O)cc(CN3CCC4(CCCN(C)C4=O)C3)nc2s1. The normalized spacial score (nSPS) is 25.2. The predicted molar refractivity (Wildman–Crippen MR) is 93.3 cm³/mol. The Morgan fingerprint density at radius 1 is 1.29 bits per heavy atom. The van der Waals surface area contributed by atoms with Gasteiger partial charge in [-0.25, -0.2) is 4.98 Å². The Labute approximate surface area is 144 Å². The van der Waals surface area contributed by atoms with Crippen molar-refractivity contribution in [1.82, 2.24) is 19.2 Å². The summed E-state index contributed by atoms with van der Waals surface area (Å²) in [5.74, 6) is 0.286. The van der Waals surface area contributed by atoms with E-state index in [-0.39, 0.29) is 16.9 Å². The van der Waals surface area contributed by atoms with E-state index in [9.17, 15) is 9.59 Å². The van der Waals surface area contributed by atoms with Gasteiger partial charge in [-0.3, -0.25) is 18.9 Å². The summed E-state index contributed by atoms with van der Waals surface area (Å²) in [6, 6.07) is 1.62. The van der Waals surface area contributed by atoms with E-state index in [1.54, 1.807) is 10.5 Å². The summed E-state index contributed by atoms with van der Waals surface area (Å²) < 4.78 is 1.61. The average Bonchev–Trinajstić information content (AvgIpc) is 3.09. The summed E-state index contributed by atoms with van der Waals surface area (Å²) in [6.07, 6.45) is 4.80. The number of nitrogens with zero attached hydrogens (tertiary/aromatic N) is 4. The summed E-state index contributed by atoms with van der Waals surface area (Å²) in [4.78, 5) is 35.4. The van der Waals surface area contributed by atoms with Crippen LogP contribution < -0.4 is 5.56 Å². The molecule has 1 unspecified atom stereocenters. The fraction of sp³-hybridized carbons (Fsp3) is 0.588. The quantitative estimate of drug-likeness (QED) is 0.827. The Morgan fingerprint density at radius 3 is 2.96 bits per heavy atom. The first-order valence-corrected chi connectivity index (χ1v) is 9.25. The predicted octanol–water partition coefficient (Wildman–Crippen LogP) is 1.51. The molecule has 2 aromatic rings. The fourth-order valence-electron chi connectivity index (χ4n) is 4.11. The zero-order chi connectivity index (χ0) is 16.9. The molecule has 2 aliphatic heterocycles. The zero-order valence-corrected chi connectivity index (χ0v) is 14.9. The third-order valence-corrected chi connectivity index (χ3v) is 6.20. The van der Waals surface area contributed by atoms with Crippen LogP contribution in [0.3, 0.4) is 0 Å².